The quantitative estimate of drug-likeness (QED) is 0.540. The van der Waals surface area contributed by atoms with Gasteiger partial charge in [0, 0.05) is 17.8 Å². The van der Waals surface area contributed by atoms with E-state index in [1.54, 1.807) is 6.07 Å². The van der Waals surface area contributed by atoms with Gasteiger partial charge in [-0.1, -0.05) is 45.1 Å². The van der Waals surface area contributed by atoms with Gasteiger partial charge in [0.15, 0.2) is 0 Å². The number of carbonyl (C=O) groups is 1. The van der Waals surface area contributed by atoms with Gasteiger partial charge in [-0.3, -0.25) is 4.79 Å². The Hall–Kier alpha value is -1.51. The van der Waals surface area contributed by atoms with Gasteiger partial charge in [0.2, 0.25) is 5.91 Å². The minimum Gasteiger partial charge on any atom is -0.399 e. The summed E-state index contributed by atoms with van der Waals surface area (Å²) in [5, 5.41) is 2.87. The molecule has 0 spiro atoms. The maximum Gasteiger partial charge on any atom is 0.224 e. The van der Waals surface area contributed by atoms with E-state index in [4.69, 9.17) is 5.73 Å². The fourth-order valence-electron chi connectivity index (χ4n) is 1.91. The molecule has 100 valence electrons. The Bertz CT molecular complexity index is 363. The average Bonchev–Trinajstić information content (AvgIpc) is 2.33. The van der Waals surface area contributed by atoms with E-state index in [2.05, 4.69) is 12.2 Å². The van der Waals surface area contributed by atoms with Crippen molar-refractivity contribution in [2.75, 3.05) is 11.1 Å². The molecule has 0 saturated carbocycles. The molecule has 0 bridgehead atoms. The summed E-state index contributed by atoms with van der Waals surface area (Å²) in [6.45, 7) is 2.21. The molecule has 0 aliphatic carbocycles. The first-order valence-electron chi connectivity index (χ1n) is 6.87. The third-order valence-corrected chi connectivity index (χ3v) is 2.93. The van der Waals surface area contributed by atoms with E-state index in [0.29, 0.717) is 12.1 Å². The molecular formula is C15H24N2O. The molecule has 3 heteroatoms. The highest BCUT2D eigenvalue weighted by atomic mass is 16.1. The number of unbranched alkanes of at least 4 members (excludes halogenated alkanes) is 5. The first kappa shape index (κ1) is 14.6. The van der Waals surface area contributed by atoms with Crippen molar-refractivity contribution in [1.29, 1.82) is 0 Å². The van der Waals surface area contributed by atoms with Crippen LogP contribution in [0.3, 0.4) is 0 Å². The first-order chi connectivity index (χ1) is 8.72. The number of nitrogen functional groups attached to an aromatic ring is 1. The monoisotopic (exact) mass is 248 g/mol. The minimum atomic E-state index is 0.0797. The van der Waals surface area contributed by atoms with Gasteiger partial charge in [0.05, 0.1) is 0 Å². The maximum absolute atomic E-state index is 11.7. The lowest BCUT2D eigenvalue weighted by molar-refractivity contribution is -0.116. The Morgan fingerprint density at radius 2 is 1.89 bits per heavy atom. The Balaban J connectivity index is 2.14. The molecule has 1 amide bonds. The zero-order valence-electron chi connectivity index (χ0n) is 11.2. The molecule has 0 saturated heterocycles. The summed E-state index contributed by atoms with van der Waals surface area (Å²) in [4.78, 5) is 11.7. The molecule has 0 unspecified atom stereocenters. The van der Waals surface area contributed by atoms with Crippen molar-refractivity contribution in [3.63, 3.8) is 0 Å². The standard InChI is InChI=1S/C15H24N2O/c1-2-3-4-5-6-7-11-15(18)17-14-10-8-9-13(16)12-14/h8-10,12H,2-7,11,16H2,1H3,(H,17,18). The van der Waals surface area contributed by atoms with Crippen LogP contribution < -0.4 is 11.1 Å². The number of nitrogens with one attached hydrogen (secondary N) is 1. The highest BCUT2D eigenvalue weighted by molar-refractivity contribution is 5.91. The van der Waals surface area contributed by atoms with Crippen LogP contribution in [-0.4, -0.2) is 5.91 Å². The van der Waals surface area contributed by atoms with Gasteiger partial charge < -0.3 is 11.1 Å². The van der Waals surface area contributed by atoms with Crippen molar-refractivity contribution in [3.05, 3.63) is 24.3 Å². The molecule has 0 radical (unpaired) electrons. The summed E-state index contributed by atoms with van der Waals surface area (Å²) in [6, 6.07) is 7.29. The number of hydrogen-bond acceptors (Lipinski definition) is 2. The van der Waals surface area contributed by atoms with E-state index in [0.717, 1.165) is 18.5 Å². The summed E-state index contributed by atoms with van der Waals surface area (Å²) >= 11 is 0. The Morgan fingerprint density at radius 3 is 2.61 bits per heavy atom. The van der Waals surface area contributed by atoms with Crippen molar-refractivity contribution in [1.82, 2.24) is 0 Å². The lowest BCUT2D eigenvalue weighted by Crippen LogP contribution is -2.11. The van der Waals surface area contributed by atoms with Crippen LogP contribution in [0.15, 0.2) is 24.3 Å². The first-order valence-corrected chi connectivity index (χ1v) is 6.87. The van der Waals surface area contributed by atoms with Crippen molar-refractivity contribution in [2.45, 2.75) is 51.9 Å². The van der Waals surface area contributed by atoms with Crippen LogP contribution in [0.1, 0.15) is 51.9 Å². The van der Waals surface area contributed by atoms with E-state index in [9.17, 15) is 4.79 Å². The van der Waals surface area contributed by atoms with Crippen LogP contribution in [0.4, 0.5) is 11.4 Å². The summed E-state index contributed by atoms with van der Waals surface area (Å²) in [5.41, 5.74) is 7.11. The zero-order valence-corrected chi connectivity index (χ0v) is 11.2. The Morgan fingerprint density at radius 1 is 1.17 bits per heavy atom. The number of anilines is 2. The van der Waals surface area contributed by atoms with E-state index in [1.165, 1.54) is 25.7 Å². The van der Waals surface area contributed by atoms with Crippen LogP contribution >= 0.6 is 0 Å². The molecule has 0 atom stereocenters. The lowest BCUT2D eigenvalue weighted by Gasteiger charge is -2.05. The maximum atomic E-state index is 11.7. The number of benzene rings is 1. The second-order valence-electron chi connectivity index (χ2n) is 4.69. The van der Waals surface area contributed by atoms with Gasteiger partial charge in [-0.05, 0) is 24.6 Å². The van der Waals surface area contributed by atoms with E-state index in [1.807, 2.05) is 18.2 Å². The molecule has 18 heavy (non-hydrogen) atoms. The van der Waals surface area contributed by atoms with Crippen LogP contribution in [0, 0.1) is 0 Å². The van der Waals surface area contributed by atoms with E-state index in [-0.39, 0.29) is 5.91 Å². The van der Waals surface area contributed by atoms with Gasteiger partial charge in [0.1, 0.15) is 0 Å². The van der Waals surface area contributed by atoms with Gasteiger partial charge in [-0.2, -0.15) is 0 Å². The van der Waals surface area contributed by atoms with Crippen LogP contribution in [-0.2, 0) is 4.79 Å². The summed E-state index contributed by atoms with van der Waals surface area (Å²) in [5.74, 6) is 0.0797. The summed E-state index contributed by atoms with van der Waals surface area (Å²) in [7, 11) is 0. The predicted octanol–water partition coefficient (Wildman–Crippen LogP) is 3.96. The third kappa shape index (κ3) is 6.28. The van der Waals surface area contributed by atoms with Crippen molar-refractivity contribution >= 4 is 17.3 Å². The number of amides is 1. The Labute approximate surface area is 110 Å². The Kier molecular flexibility index (Phi) is 6.92. The van der Waals surface area contributed by atoms with Gasteiger partial charge in [-0.15, -0.1) is 0 Å². The molecule has 0 heterocycles. The average molecular weight is 248 g/mol. The van der Waals surface area contributed by atoms with E-state index < -0.39 is 0 Å². The number of nitrogens with two attached hydrogens (primary N) is 1. The molecule has 3 nitrogen and oxygen atoms in total. The van der Waals surface area contributed by atoms with Crippen LogP contribution in [0.5, 0.6) is 0 Å². The molecular weight excluding hydrogens is 224 g/mol. The highest BCUT2D eigenvalue weighted by Gasteiger charge is 2.02. The molecule has 1 rings (SSSR count). The number of rotatable bonds is 8. The summed E-state index contributed by atoms with van der Waals surface area (Å²) < 4.78 is 0. The lowest BCUT2D eigenvalue weighted by atomic mass is 10.1. The summed E-state index contributed by atoms with van der Waals surface area (Å²) in [6.07, 6.45) is 7.79. The van der Waals surface area contributed by atoms with Crippen LogP contribution in [0.2, 0.25) is 0 Å². The smallest absolute Gasteiger partial charge is 0.224 e. The fourth-order valence-corrected chi connectivity index (χ4v) is 1.91. The van der Waals surface area contributed by atoms with Gasteiger partial charge >= 0.3 is 0 Å². The SMILES string of the molecule is CCCCCCCCC(=O)Nc1cccc(N)c1. The van der Waals surface area contributed by atoms with Crippen LogP contribution in [0.25, 0.3) is 0 Å². The molecule has 3 N–H and O–H groups in total. The molecule has 0 aromatic heterocycles. The largest absolute Gasteiger partial charge is 0.399 e. The fraction of sp³-hybridized carbons (Fsp3) is 0.533. The normalized spacial score (nSPS) is 10.3. The van der Waals surface area contributed by atoms with Crippen molar-refractivity contribution in [3.8, 4) is 0 Å². The minimum absolute atomic E-state index is 0.0797. The third-order valence-electron chi connectivity index (χ3n) is 2.93. The second kappa shape index (κ2) is 8.56. The highest BCUT2D eigenvalue weighted by Crippen LogP contribution is 2.13. The van der Waals surface area contributed by atoms with Crippen molar-refractivity contribution in [2.24, 2.45) is 0 Å². The molecule has 1 aromatic carbocycles. The molecule has 1 aromatic rings. The number of carbonyl (C=O) groups excluding carboxylic acids is 1. The van der Waals surface area contributed by atoms with Gasteiger partial charge in [-0.25, -0.2) is 0 Å². The van der Waals surface area contributed by atoms with Gasteiger partial charge in [0.25, 0.3) is 0 Å². The topological polar surface area (TPSA) is 55.1 Å². The zero-order chi connectivity index (χ0) is 13.2. The molecule has 0 aliphatic heterocycles. The number of hydrogen-bond donors (Lipinski definition) is 2. The molecule has 0 fully saturated rings. The van der Waals surface area contributed by atoms with E-state index >= 15 is 0 Å². The predicted molar refractivity (Wildman–Crippen MR) is 77.5 cm³/mol. The molecule has 0 aliphatic rings. The van der Waals surface area contributed by atoms with Crippen molar-refractivity contribution < 1.29 is 4.79 Å². The second-order valence-corrected chi connectivity index (χ2v) is 4.69.